The number of hydrogen-bond acceptors (Lipinski definition) is 3. The molecule has 0 spiro atoms. The van der Waals surface area contributed by atoms with E-state index in [1.165, 1.54) is 0 Å². The third kappa shape index (κ3) is 5.38. The lowest BCUT2D eigenvalue weighted by Gasteiger charge is -2.32. The Morgan fingerprint density at radius 3 is 2.67 bits per heavy atom. The Kier molecular flexibility index (Phi) is 6.54. The zero-order valence-corrected chi connectivity index (χ0v) is 12.9. The fourth-order valence-corrected chi connectivity index (χ4v) is 2.65. The number of likely N-dealkylation sites (tertiary alicyclic amines) is 1. The van der Waals surface area contributed by atoms with Gasteiger partial charge in [0.15, 0.2) is 0 Å². The molecule has 116 valence electrons. The standard InChI is InChI=1S/C17H26N2O2/c1-18-11-5-8-17(20)19-12-9-15(10-13-19)14-21-16-6-3-2-4-7-16/h2-4,6-7,15,18H,5,8-14H2,1H3. The molecule has 1 saturated heterocycles. The van der Waals surface area contributed by atoms with E-state index in [9.17, 15) is 4.79 Å². The first-order valence-corrected chi connectivity index (χ1v) is 7.90. The van der Waals surface area contributed by atoms with Crippen LogP contribution in [0.2, 0.25) is 0 Å². The highest BCUT2D eigenvalue weighted by Crippen LogP contribution is 2.20. The highest BCUT2D eigenvalue weighted by Gasteiger charge is 2.22. The van der Waals surface area contributed by atoms with Crippen molar-refractivity contribution in [1.82, 2.24) is 10.2 Å². The van der Waals surface area contributed by atoms with Gasteiger partial charge in [-0.05, 0) is 50.9 Å². The molecule has 1 N–H and O–H groups in total. The van der Waals surface area contributed by atoms with Crippen LogP contribution in [0.1, 0.15) is 25.7 Å². The molecule has 0 saturated carbocycles. The summed E-state index contributed by atoms with van der Waals surface area (Å²) in [5.41, 5.74) is 0. The quantitative estimate of drug-likeness (QED) is 0.784. The molecule has 1 aliphatic heterocycles. The SMILES string of the molecule is CNCCCC(=O)N1CCC(COc2ccccc2)CC1. The normalized spacial score (nSPS) is 16.0. The van der Waals surface area contributed by atoms with Gasteiger partial charge in [0.05, 0.1) is 6.61 Å². The molecule has 21 heavy (non-hydrogen) atoms. The number of para-hydroxylation sites is 1. The van der Waals surface area contributed by atoms with Crippen LogP contribution in [0.3, 0.4) is 0 Å². The average Bonchev–Trinajstić information content (AvgIpc) is 2.54. The molecule has 0 unspecified atom stereocenters. The predicted octanol–water partition coefficient (Wildman–Crippen LogP) is 2.30. The molecule has 1 aromatic carbocycles. The number of carbonyl (C=O) groups excluding carboxylic acids is 1. The van der Waals surface area contributed by atoms with Crippen LogP contribution in [0.4, 0.5) is 0 Å². The zero-order valence-electron chi connectivity index (χ0n) is 12.9. The summed E-state index contributed by atoms with van der Waals surface area (Å²) < 4.78 is 5.81. The van der Waals surface area contributed by atoms with Gasteiger partial charge in [0, 0.05) is 19.5 Å². The van der Waals surface area contributed by atoms with Crippen LogP contribution in [-0.2, 0) is 4.79 Å². The molecule has 1 aromatic rings. The highest BCUT2D eigenvalue weighted by molar-refractivity contribution is 5.76. The van der Waals surface area contributed by atoms with Crippen LogP contribution in [0.25, 0.3) is 0 Å². The van der Waals surface area contributed by atoms with E-state index in [1.54, 1.807) is 0 Å². The van der Waals surface area contributed by atoms with Gasteiger partial charge in [0.2, 0.25) is 5.91 Å². The summed E-state index contributed by atoms with van der Waals surface area (Å²) in [5.74, 6) is 1.79. The van der Waals surface area contributed by atoms with Crippen molar-refractivity contribution < 1.29 is 9.53 Å². The van der Waals surface area contributed by atoms with Gasteiger partial charge < -0.3 is 15.0 Å². The number of carbonyl (C=O) groups is 1. The number of nitrogens with one attached hydrogen (secondary N) is 1. The Morgan fingerprint density at radius 1 is 1.29 bits per heavy atom. The Morgan fingerprint density at radius 2 is 2.00 bits per heavy atom. The molecule has 0 radical (unpaired) electrons. The molecule has 4 nitrogen and oxygen atoms in total. The number of hydrogen-bond donors (Lipinski definition) is 1. The van der Waals surface area contributed by atoms with Gasteiger partial charge in [-0.1, -0.05) is 18.2 Å². The molecule has 4 heteroatoms. The minimum absolute atomic E-state index is 0.299. The maximum Gasteiger partial charge on any atom is 0.222 e. The second-order valence-corrected chi connectivity index (χ2v) is 5.66. The molecule has 2 rings (SSSR count). The van der Waals surface area contributed by atoms with Gasteiger partial charge in [-0.15, -0.1) is 0 Å². The lowest BCUT2D eigenvalue weighted by atomic mass is 9.97. The molecule has 1 aliphatic rings. The number of piperidine rings is 1. The molecule has 1 fully saturated rings. The van der Waals surface area contributed by atoms with E-state index in [1.807, 2.05) is 42.3 Å². The summed E-state index contributed by atoms with van der Waals surface area (Å²) in [5, 5.41) is 3.08. The van der Waals surface area contributed by atoms with E-state index in [0.717, 1.165) is 51.3 Å². The van der Waals surface area contributed by atoms with Crippen molar-refractivity contribution in [3.05, 3.63) is 30.3 Å². The molecule has 0 aliphatic carbocycles. The Bertz CT molecular complexity index is 414. The summed E-state index contributed by atoms with van der Waals surface area (Å²) in [6.07, 6.45) is 3.67. The molecular formula is C17H26N2O2. The smallest absolute Gasteiger partial charge is 0.222 e. The van der Waals surface area contributed by atoms with Crippen molar-refractivity contribution in [2.45, 2.75) is 25.7 Å². The first-order chi connectivity index (χ1) is 10.3. The van der Waals surface area contributed by atoms with Gasteiger partial charge >= 0.3 is 0 Å². The fraction of sp³-hybridized carbons (Fsp3) is 0.588. The highest BCUT2D eigenvalue weighted by atomic mass is 16.5. The summed E-state index contributed by atoms with van der Waals surface area (Å²) >= 11 is 0. The van der Waals surface area contributed by atoms with E-state index in [0.29, 0.717) is 18.2 Å². The van der Waals surface area contributed by atoms with E-state index in [2.05, 4.69) is 5.32 Å². The van der Waals surface area contributed by atoms with Crippen LogP contribution in [-0.4, -0.2) is 44.1 Å². The Hall–Kier alpha value is -1.55. The van der Waals surface area contributed by atoms with Crippen LogP contribution in [0.15, 0.2) is 30.3 Å². The third-order valence-electron chi connectivity index (χ3n) is 4.01. The van der Waals surface area contributed by atoms with Crippen molar-refractivity contribution in [3.63, 3.8) is 0 Å². The zero-order chi connectivity index (χ0) is 14.9. The number of benzene rings is 1. The van der Waals surface area contributed by atoms with E-state index < -0.39 is 0 Å². The first-order valence-electron chi connectivity index (χ1n) is 7.90. The monoisotopic (exact) mass is 290 g/mol. The molecular weight excluding hydrogens is 264 g/mol. The number of rotatable bonds is 7. The van der Waals surface area contributed by atoms with Crippen LogP contribution < -0.4 is 10.1 Å². The summed E-state index contributed by atoms with van der Waals surface area (Å²) in [7, 11) is 1.92. The largest absolute Gasteiger partial charge is 0.493 e. The van der Waals surface area contributed by atoms with E-state index in [-0.39, 0.29) is 0 Å². The summed E-state index contributed by atoms with van der Waals surface area (Å²) in [6.45, 7) is 3.42. The molecule has 0 aromatic heterocycles. The van der Waals surface area contributed by atoms with Gasteiger partial charge in [0.1, 0.15) is 5.75 Å². The van der Waals surface area contributed by atoms with Gasteiger partial charge in [0.25, 0.3) is 0 Å². The van der Waals surface area contributed by atoms with Crippen LogP contribution in [0.5, 0.6) is 5.75 Å². The van der Waals surface area contributed by atoms with E-state index in [4.69, 9.17) is 4.74 Å². The molecule has 0 bridgehead atoms. The van der Waals surface area contributed by atoms with Crippen molar-refractivity contribution >= 4 is 5.91 Å². The Labute approximate surface area is 127 Å². The summed E-state index contributed by atoms with van der Waals surface area (Å²) in [6, 6.07) is 9.94. The first kappa shape index (κ1) is 15.8. The van der Waals surface area contributed by atoms with Crippen LogP contribution in [0, 0.1) is 5.92 Å². The number of ether oxygens (including phenoxy) is 1. The lowest BCUT2D eigenvalue weighted by molar-refractivity contribution is -0.132. The molecule has 1 heterocycles. The number of amides is 1. The Balaban J connectivity index is 1.65. The average molecular weight is 290 g/mol. The minimum Gasteiger partial charge on any atom is -0.493 e. The fourth-order valence-electron chi connectivity index (χ4n) is 2.65. The van der Waals surface area contributed by atoms with Gasteiger partial charge in [-0.25, -0.2) is 0 Å². The van der Waals surface area contributed by atoms with Crippen molar-refractivity contribution in [1.29, 1.82) is 0 Å². The van der Waals surface area contributed by atoms with Gasteiger partial charge in [-0.2, -0.15) is 0 Å². The molecule has 0 atom stereocenters. The van der Waals surface area contributed by atoms with Crippen LogP contribution >= 0.6 is 0 Å². The van der Waals surface area contributed by atoms with Gasteiger partial charge in [-0.3, -0.25) is 4.79 Å². The number of nitrogens with zero attached hydrogens (tertiary/aromatic N) is 1. The van der Waals surface area contributed by atoms with Crippen molar-refractivity contribution in [2.24, 2.45) is 5.92 Å². The van der Waals surface area contributed by atoms with Crippen molar-refractivity contribution in [3.8, 4) is 5.75 Å². The second kappa shape index (κ2) is 8.67. The van der Waals surface area contributed by atoms with E-state index >= 15 is 0 Å². The molecule has 1 amide bonds. The summed E-state index contributed by atoms with van der Waals surface area (Å²) in [4.78, 5) is 14.0. The van der Waals surface area contributed by atoms with Crippen molar-refractivity contribution in [2.75, 3.05) is 33.3 Å². The maximum atomic E-state index is 12.0. The minimum atomic E-state index is 0.299. The lowest BCUT2D eigenvalue weighted by Crippen LogP contribution is -2.39. The second-order valence-electron chi connectivity index (χ2n) is 5.66. The predicted molar refractivity (Wildman–Crippen MR) is 84.4 cm³/mol. The topological polar surface area (TPSA) is 41.6 Å². The third-order valence-corrected chi connectivity index (χ3v) is 4.01. The maximum absolute atomic E-state index is 12.0.